The molecule has 0 saturated carbocycles. The molecule has 0 aliphatic heterocycles. The van der Waals surface area contributed by atoms with Crippen LogP contribution in [-0.2, 0) is 14.8 Å². The first kappa shape index (κ1) is 19.4. The summed E-state index contributed by atoms with van der Waals surface area (Å²) in [7, 11) is -2.38. The molecule has 27 heavy (non-hydrogen) atoms. The minimum Gasteiger partial charge on any atom is -0.495 e. The Labute approximate surface area is 165 Å². The first-order chi connectivity index (χ1) is 12.8. The van der Waals surface area contributed by atoms with Crippen LogP contribution in [-0.4, -0.2) is 26.4 Å². The van der Waals surface area contributed by atoms with Crippen molar-refractivity contribution in [2.75, 3.05) is 17.1 Å². The van der Waals surface area contributed by atoms with E-state index in [1.54, 1.807) is 25.1 Å². The average Bonchev–Trinajstić information content (AvgIpc) is 3.02. The molecule has 0 aliphatic carbocycles. The number of nitrogens with zero attached hydrogens (tertiary/aromatic N) is 1. The van der Waals surface area contributed by atoms with Gasteiger partial charge in [0.25, 0.3) is 10.0 Å². The Morgan fingerprint density at radius 2 is 2.04 bits per heavy atom. The van der Waals surface area contributed by atoms with Crippen molar-refractivity contribution in [3.8, 4) is 5.75 Å². The van der Waals surface area contributed by atoms with Crippen molar-refractivity contribution in [2.45, 2.75) is 18.2 Å². The lowest BCUT2D eigenvalue weighted by Crippen LogP contribution is -2.13. The number of hydrogen-bond acceptors (Lipinski definition) is 6. The first-order valence-corrected chi connectivity index (χ1v) is 10.6. The summed E-state index contributed by atoms with van der Waals surface area (Å²) in [4.78, 5) is 15.8. The molecule has 3 aromatic rings. The highest BCUT2D eigenvalue weighted by molar-refractivity contribution is 7.92. The van der Waals surface area contributed by atoms with E-state index in [0.29, 0.717) is 28.5 Å². The summed E-state index contributed by atoms with van der Waals surface area (Å²) in [5.74, 6) is 0.257. The predicted octanol–water partition coefficient (Wildman–Crippen LogP) is 4.11. The van der Waals surface area contributed by atoms with Gasteiger partial charge in [0.05, 0.1) is 32.9 Å². The molecule has 3 rings (SSSR count). The van der Waals surface area contributed by atoms with Crippen molar-refractivity contribution in [1.82, 2.24) is 4.98 Å². The molecule has 2 N–H and O–H groups in total. The Balaban J connectivity index is 1.86. The van der Waals surface area contributed by atoms with Crippen molar-refractivity contribution >= 4 is 59.9 Å². The van der Waals surface area contributed by atoms with Gasteiger partial charge in [0, 0.05) is 6.42 Å². The summed E-state index contributed by atoms with van der Waals surface area (Å²) in [6.45, 7) is 1.75. The lowest BCUT2D eigenvalue weighted by molar-refractivity contribution is -0.115. The molecule has 0 aliphatic rings. The highest BCUT2D eigenvalue weighted by Crippen LogP contribution is 2.30. The molecule has 0 atom stereocenters. The van der Waals surface area contributed by atoms with Crippen molar-refractivity contribution in [1.29, 1.82) is 0 Å². The van der Waals surface area contributed by atoms with E-state index in [2.05, 4.69) is 15.0 Å². The highest BCUT2D eigenvalue weighted by Gasteiger charge is 2.17. The van der Waals surface area contributed by atoms with Crippen molar-refractivity contribution in [3.05, 3.63) is 41.4 Å². The molecule has 10 heteroatoms. The summed E-state index contributed by atoms with van der Waals surface area (Å²) < 4.78 is 33.6. The number of anilines is 2. The lowest BCUT2D eigenvalue weighted by Gasteiger charge is -2.10. The van der Waals surface area contributed by atoms with E-state index in [9.17, 15) is 13.2 Å². The Morgan fingerprint density at radius 1 is 1.26 bits per heavy atom. The van der Waals surface area contributed by atoms with E-state index in [-0.39, 0.29) is 15.8 Å². The fourth-order valence-electron chi connectivity index (χ4n) is 2.28. The van der Waals surface area contributed by atoms with Gasteiger partial charge in [-0.05, 0) is 36.4 Å². The Bertz CT molecular complexity index is 1110. The van der Waals surface area contributed by atoms with Gasteiger partial charge >= 0.3 is 0 Å². The summed E-state index contributed by atoms with van der Waals surface area (Å²) in [6, 6.07) is 9.21. The van der Waals surface area contributed by atoms with Crippen LogP contribution in [0, 0.1) is 0 Å². The number of fused-ring (bicyclic) bond motifs is 1. The number of aromatic nitrogens is 1. The summed E-state index contributed by atoms with van der Waals surface area (Å²) >= 11 is 7.33. The Hall–Kier alpha value is -2.36. The van der Waals surface area contributed by atoms with E-state index >= 15 is 0 Å². The smallest absolute Gasteiger partial charge is 0.261 e. The zero-order chi connectivity index (χ0) is 19.6. The van der Waals surface area contributed by atoms with Crippen LogP contribution in [0.3, 0.4) is 0 Å². The Morgan fingerprint density at radius 3 is 2.70 bits per heavy atom. The molecule has 7 nitrogen and oxygen atoms in total. The van der Waals surface area contributed by atoms with Crippen LogP contribution >= 0.6 is 22.9 Å². The predicted molar refractivity (Wildman–Crippen MR) is 107 cm³/mol. The van der Waals surface area contributed by atoms with E-state index in [1.165, 1.54) is 36.6 Å². The fraction of sp³-hybridized carbons (Fsp3) is 0.176. The van der Waals surface area contributed by atoms with Gasteiger partial charge in [0.15, 0.2) is 5.13 Å². The van der Waals surface area contributed by atoms with Crippen molar-refractivity contribution < 1.29 is 17.9 Å². The van der Waals surface area contributed by atoms with Crippen LogP contribution in [0.1, 0.15) is 13.3 Å². The number of sulfonamides is 1. The van der Waals surface area contributed by atoms with Crippen molar-refractivity contribution in [3.63, 3.8) is 0 Å². The molecule has 1 aromatic heterocycles. The molecule has 142 valence electrons. The molecule has 0 saturated heterocycles. The topological polar surface area (TPSA) is 97.4 Å². The van der Waals surface area contributed by atoms with Crippen LogP contribution in [0.25, 0.3) is 10.2 Å². The number of amides is 1. The van der Waals surface area contributed by atoms with Crippen LogP contribution in [0.4, 0.5) is 10.8 Å². The second kappa shape index (κ2) is 7.71. The fourth-order valence-corrected chi connectivity index (χ4v) is 4.54. The monoisotopic (exact) mass is 425 g/mol. The quantitative estimate of drug-likeness (QED) is 0.619. The first-order valence-electron chi connectivity index (χ1n) is 7.89. The van der Waals surface area contributed by atoms with Gasteiger partial charge in [-0.2, -0.15) is 0 Å². The van der Waals surface area contributed by atoms with E-state index in [1.807, 2.05) is 0 Å². The van der Waals surface area contributed by atoms with Crippen LogP contribution < -0.4 is 14.8 Å². The zero-order valence-corrected chi connectivity index (χ0v) is 16.8. The number of ether oxygens (including phenoxy) is 1. The van der Waals surface area contributed by atoms with Crippen LogP contribution in [0.15, 0.2) is 41.3 Å². The minimum atomic E-state index is -3.83. The van der Waals surface area contributed by atoms with Gasteiger partial charge < -0.3 is 10.1 Å². The van der Waals surface area contributed by atoms with Gasteiger partial charge in [-0.15, -0.1) is 0 Å². The van der Waals surface area contributed by atoms with Crippen LogP contribution in [0.2, 0.25) is 5.02 Å². The highest BCUT2D eigenvalue weighted by atomic mass is 35.5. The summed E-state index contributed by atoms with van der Waals surface area (Å²) in [5, 5.41) is 3.37. The number of carbonyl (C=O) groups excluding carboxylic acids is 1. The second-order valence-electron chi connectivity index (χ2n) is 5.51. The van der Waals surface area contributed by atoms with E-state index < -0.39 is 10.0 Å². The van der Waals surface area contributed by atoms with E-state index in [0.717, 1.165) is 4.70 Å². The molecule has 1 heterocycles. The third-order valence-corrected chi connectivity index (χ3v) is 6.27. The van der Waals surface area contributed by atoms with Gasteiger partial charge in [0.1, 0.15) is 5.75 Å². The maximum Gasteiger partial charge on any atom is 0.261 e. The van der Waals surface area contributed by atoms with Gasteiger partial charge in [-0.3, -0.25) is 9.52 Å². The second-order valence-corrected chi connectivity index (χ2v) is 8.63. The van der Waals surface area contributed by atoms with Crippen LogP contribution in [0.5, 0.6) is 5.75 Å². The standard InChI is InChI=1S/C17H16ClN3O4S2/c1-3-16(22)20-17-19-13-8-10(4-7-15(13)26-17)21-27(23,24)11-5-6-14(25-2)12(18)9-11/h4-9,21H,3H2,1-2H3,(H,19,20,22). The normalized spacial score (nSPS) is 11.4. The third-order valence-electron chi connectivity index (χ3n) is 3.64. The SMILES string of the molecule is CCC(=O)Nc1nc2cc(NS(=O)(=O)c3ccc(OC)c(Cl)c3)ccc2s1. The number of hydrogen-bond donors (Lipinski definition) is 2. The molecular weight excluding hydrogens is 410 g/mol. The maximum absolute atomic E-state index is 12.6. The van der Waals surface area contributed by atoms with Gasteiger partial charge in [0.2, 0.25) is 5.91 Å². The minimum absolute atomic E-state index is 0.0163. The largest absolute Gasteiger partial charge is 0.495 e. The Kier molecular flexibility index (Phi) is 5.54. The third kappa shape index (κ3) is 4.32. The number of carbonyl (C=O) groups is 1. The maximum atomic E-state index is 12.6. The molecular formula is C17H16ClN3O4S2. The molecule has 0 spiro atoms. The van der Waals surface area contributed by atoms with Gasteiger partial charge in [-0.25, -0.2) is 13.4 Å². The van der Waals surface area contributed by atoms with Gasteiger partial charge in [-0.1, -0.05) is 29.9 Å². The van der Waals surface area contributed by atoms with Crippen molar-refractivity contribution in [2.24, 2.45) is 0 Å². The number of methoxy groups -OCH3 is 1. The molecule has 0 unspecified atom stereocenters. The summed E-state index contributed by atoms with van der Waals surface area (Å²) in [5.41, 5.74) is 0.937. The summed E-state index contributed by atoms with van der Waals surface area (Å²) in [6.07, 6.45) is 0.353. The number of benzene rings is 2. The lowest BCUT2D eigenvalue weighted by atomic mass is 10.3. The molecule has 0 fully saturated rings. The molecule has 0 radical (unpaired) electrons. The van der Waals surface area contributed by atoms with E-state index in [4.69, 9.17) is 16.3 Å². The number of nitrogens with one attached hydrogen (secondary N) is 2. The average molecular weight is 426 g/mol. The number of rotatable bonds is 6. The molecule has 0 bridgehead atoms. The number of thiazole rings is 1. The molecule has 2 aromatic carbocycles. The number of halogens is 1. The zero-order valence-electron chi connectivity index (χ0n) is 14.4. The molecule has 1 amide bonds.